The van der Waals surface area contributed by atoms with E-state index in [1.54, 1.807) is 60.7 Å². The van der Waals surface area contributed by atoms with Crippen molar-refractivity contribution in [1.29, 1.82) is 0 Å². The molecular weight excluding hydrogens is 364 g/mol. The van der Waals surface area contributed by atoms with Crippen LogP contribution in [0.15, 0.2) is 84.4 Å². The van der Waals surface area contributed by atoms with Crippen LogP contribution in [0.3, 0.4) is 0 Å². The monoisotopic (exact) mass is 384 g/mol. The van der Waals surface area contributed by atoms with Gasteiger partial charge in [0.25, 0.3) is 15.9 Å². The maximum Gasteiger partial charge on any atom is 0.268 e. The molecule has 3 rings (SSSR count). The lowest BCUT2D eigenvalue weighted by Crippen LogP contribution is -2.14. The summed E-state index contributed by atoms with van der Waals surface area (Å²) in [6.07, 6.45) is 5.95. The minimum Gasteiger partial charge on any atom is -0.288 e. The maximum absolute atomic E-state index is 12.7. The molecule has 0 atom stereocenters. The van der Waals surface area contributed by atoms with Crippen LogP contribution in [-0.2, 0) is 14.8 Å². The zero-order valence-corrected chi connectivity index (χ0v) is 15.6. The smallest absolute Gasteiger partial charge is 0.268 e. The van der Waals surface area contributed by atoms with E-state index in [4.69, 9.17) is 5.21 Å². The summed E-state index contributed by atoms with van der Waals surface area (Å²) in [7, 11) is -3.66. The molecular formula is C20H20N2O4S. The summed E-state index contributed by atoms with van der Waals surface area (Å²) in [5, 5.41) is 9.19. The summed E-state index contributed by atoms with van der Waals surface area (Å²) in [5.74, 6) is -0.640. The Morgan fingerprint density at radius 2 is 1.81 bits per heavy atom. The number of nitrogens with one attached hydrogen (secondary N) is 1. The van der Waals surface area contributed by atoms with E-state index < -0.39 is 15.9 Å². The lowest BCUT2D eigenvalue weighted by Gasteiger charge is -2.07. The number of hydrogen-bond donors (Lipinski definition) is 2. The van der Waals surface area contributed by atoms with Crippen molar-refractivity contribution >= 4 is 32.9 Å². The largest absolute Gasteiger partial charge is 0.288 e. The van der Waals surface area contributed by atoms with Crippen molar-refractivity contribution in [1.82, 2.24) is 9.45 Å². The van der Waals surface area contributed by atoms with Gasteiger partial charge in [-0.25, -0.2) is 17.9 Å². The molecule has 0 saturated heterocycles. The molecule has 1 aromatic heterocycles. The average molecular weight is 384 g/mol. The lowest BCUT2D eigenvalue weighted by molar-refractivity contribution is -0.124. The van der Waals surface area contributed by atoms with Gasteiger partial charge in [0.05, 0.1) is 10.4 Å². The van der Waals surface area contributed by atoms with Gasteiger partial charge in [0.1, 0.15) is 0 Å². The number of allylic oxidation sites excluding steroid dienone is 1. The highest BCUT2D eigenvalue weighted by Gasteiger charge is 2.18. The first-order valence-electron chi connectivity index (χ1n) is 8.05. The number of hydroxylamine groups is 1. The van der Waals surface area contributed by atoms with Gasteiger partial charge in [-0.1, -0.05) is 30.3 Å². The van der Waals surface area contributed by atoms with Crippen molar-refractivity contribution in [2.24, 2.45) is 0 Å². The van der Waals surface area contributed by atoms with E-state index in [0.717, 1.165) is 5.39 Å². The van der Waals surface area contributed by atoms with E-state index in [2.05, 4.69) is 6.58 Å². The first-order valence-corrected chi connectivity index (χ1v) is 9.49. The molecule has 2 aromatic carbocycles. The molecule has 0 aliphatic rings. The minimum atomic E-state index is -3.66. The molecule has 0 spiro atoms. The van der Waals surface area contributed by atoms with Crippen LogP contribution in [0.5, 0.6) is 0 Å². The highest BCUT2D eigenvalue weighted by atomic mass is 32.2. The van der Waals surface area contributed by atoms with Gasteiger partial charge in [-0.3, -0.25) is 10.0 Å². The van der Waals surface area contributed by atoms with Crippen molar-refractivity contribution < 1.29 is 18.4 Å². The number of carbonyl (C=O) groups is 1. The van der Waals surface area contributed by atoms with Crippen LogP contribution in [0, 0.1) is 0 Å². The second kappa shape index (κ2) is 8.98. The molecule has 0 aliphatic carbocycles. The Balaban J connectivity index is 0.000000817. The summed E-state index contributed by atoms with van der Waals surface area (Å²) < 4.78 is 26.7. The van der Waals surface area contributed by atoms with E-state index >= 15 is 0 Å². The number of carbonyl (C=O) groups excluding carboxylic acids is 1. The molecule has 7 heteroatoms. The van der Waals surface area contributed by atoms with E-state index in [1.165, 1.54) is 27.8 Å². The number of amides is 1. The highest BCUT2D eigenvalue weighted by molar-refractivity contribution is 7.90. The van der Waals surface area contributed by atoms with Gasteiger partial charge in [0.2, 0.25) is 0 Å². The third kappa shape index (κ3) is 4.72. The zero-order chi connectivity index (χ0) is 19.9. The highest BCUT2D eigenvalue weighted by Crippen LogP contribution is 2.23. The summed E-state index contributed by atoms with van der Waals surface area (Å²) in [4.78, 5) is 11.2. The SMILES string of the molecule is C=CC.O=C(/C=C/c1ccc2c(ccn2S(=O)(=O)c2ccccc2)c1)NO. The Hall–Kier alpha value is -3.16. The number of fused-ring (bicyclic) bond motifs is 1. The van der Waals surface area contributed by atoms with Crippen molar-refractivity contribution in [3.05, 3.63) is 85.1 Å². The molecule has 1 heterocycles. The third-order valence-corrected chi connectivity index (χ3v) is 5.22. The Morgan fingerprint density at radius 3 is 2.44 bits per heavy atom. The fourth-order valence-electron chi connectivity index (χ4n) is 2.36. The molecule has 0 aliphatic heterocycles. The van der Waals surface area contributed by atoms with Crippen LogP contribution < -0.4 is 5.48 Å². The van der Waals surface area contributed by atoms with Gasteiger partial charge >= 0.3 is 0 Å². The minimum absolute atomic E-state index is 0.214. The number of benzene rings is 2. The number of nitrogens with zero attached hydrogens (tertiary/aromatic N) is 1. The van der Waals surface area contributed by atoms with Crippen molar-refractivity contribution in [2.45, 2.75) is 11.8 Å². The fraction of sp³-hybridized carbons (Fsp3) is 0.0500. The lowest BCUT2D eigenvalue weighted by atomic mass is 10.1. The van der Waals surface area contributed by atoms with Crippen LogP contribution >= 0.6 is 0 Å². The van der Waals surface area contributed by atoms with Gasteiger partial charge in [-0.05, 0) is 48.9 Å². The molecule has 0 fully saturated rings. The first kappa shape index (κ1) is 20.2. The Bertz CT molecular complexity index is 1070. The fourth-order valence-corrected chi connectivity index (χ4v) is 3.74. The topological polar surface area (TPSA) is 88.4 Å². The molecule has 27 heavy (non-hydrogen) atoms. The zero-order valence-electron chi connectivity index (χ0n) is 14.7. The molecule has 6 nitrogen and oxygen atoms in total. The second-order valence-corrected chi connectivity index (χ2v) is 7.28. The first-order chi connectivity index (χ1) is 12.9. The Labute approximate surface area is 158 Å². The summed E-state index contributed by atoms with van der Waals surface area (Å²) in [6, 6.07) is 15.0. The van der Waals surface area contributed by atoms with Crippen LogP contribution in [0.2, 0.25) is 0 Å². The van der Waals surface area contributed by atoms with Crippen LogP contribution in [0.4, 0.5) is 0 Å². The molecule has 2 N–H and O–H groups in total. The molecule has 1 amide bonds. The van der Waals surface area contributed by atoms with Gasteiger partial charge in [0, 0.05) is 17.7 Å². The van der Waals surface area contributed by atoms with E-state index in [9.17, 15) is 13.2 Å². The molecule has 0 unspecified atom stereocenters. The molecule has 0 radical (unpaired) electrons. The van der Waals surface area contributed by atoms with Crippen molar-refractivity contribution in [3.8, 4) is 0 Å². The summed E-state index contributed by atoms with van der Waals surface area (Å²) in [5.41, 5.74) is 2.76. The second-order valence-electron chi connectivity index (χ2n) is 5.47. The van der Waals surface area contributed by atoms with Gasteiger partial charge in [-0.15, -0.1) is 6.58 Å². The predicted octanol–water partition coefficient (Wildman–Crippen LogP) is 3.59. The van der Waals surface area contributed by atoms with Crippen LogP contribution in [0.25, 0.3) is 17.0 Å². The average Bonchev–Trinajstić information content (AvgIpc) is 3.11. The standard InChI is InChI=1S/C17H14N2O4S.C3H6/c20-17(18-21)9-7-13-6-8-16-14(12-13)10-11-19(16)24(22,23)15-4-2-1-3-5-15;1-3-2/h1-12,21H,(H,18,20);3H,1H2,2H3/b9-7+;. The quantitative estimate of drug-likeness (QED) is 0.311. The van der Waals surface area contributed by atoms with Crippen LogP contribution in [0.1, 0.15) is 12.5 Å². The van der Waals surface area contributed by atoms with E-state index in [0.29, 0.717) is 11.1 Å². The van der Waals surface area contributed by atoms with Crippen molar-refractivity contribution in [3.63, 3.8) is 0 Å². The van der Waals surface area contributed by atoms with Crippen molar-refractivity contribution in [2.75, 3.05) is 0 Å². The third-order valence-electron chi connectivity index (χ3n) is 3.52. The number of aromatic nitrogens is 1. The van der Waals surface area contributed by atoms with Gasteiger partial charge in [0.15, 0.2) is 0 Å². The Kier molecular flexibility index (Phi) is 6.70. The van der Waals surface area contributed by atoms with E-state index in [1.807, 2.05) is 6.92 Å². The predicted molar refractivity (Wildman–Crippen MR) is 106 cm³/mol. The van der Waals surface area contributed by atoms with E-state index in [-0.39, 0.29) is 4.90 Å². The Morgan fingerprint density at radius 1 is 1.15 bits per heavy atom. The summed E-state index contributed by atoms with van der Waals surface area (Å²) >= 11 is 0. The molecule has 3 aromatic rings. The van der Waals surface area contributed by atoms with Gasteiger partial charge < -0.3 is 0 Å². The van der Waals surface area contributed by atoms with Gasteiger partial charge in [-0.2, -0.15) is 0 Å². The van der Waals surface area contributed by atoms with Crippen LogP contribution in [-0.4, -0.2) is 23.5 Å². The number of hydrogen-bond acceptors (Lipinski definition) is 4. The normalized spacial score (nSPS) is 11.0. The maximum atomic E-state index is 12.7. The number of rotatable bonds is 4. The summed E-state index contributed by atoms with van der Waals surface area (Å²) in [6.45, 7) is 5.25. The molecule has 140 valence electrons. The molecule has 0 saturated carbocycles. The molecule has 0 bridgehead atoms.